The van der Waals surface area contributed by atoms with Crippen LogP contribution < -0.4 is 32.4 Å². The van der Waals surface area contributed by atoms with E-state index in [1.807, 2.05) is 58.8 Å². The highest BCUT2D eigenvalue weighted by molar-refractivity contribution is 6.10. The second-order valence-corrected chi connectivity index (χ2v) is 28.4. The van der Waals surface area contributed by atoms with Gasteiger partial charge in [-0.15, -0.1) is 0 Å². The Morgan fingerprint density at radius 1 is 0.480 bits per heavy atom. The first-order valence-electron chi connectivity index (χ1n) is 34.0. The number of phenolic OH excluding ortho intramolecular Hbond substituents is 4. The van der Waals surface area contributed by atoms with Crippen LogP contribution in [0.1, 0.15) is 138 Å². The molecule has 538 valence electrons. The van der Waals surface area contributed by atoms with E-state index >= 15 is 28.8 Å². The molecule has 0 amide bonds. The lowest BCUT2D eigenvalue weighted by molar-refractivity contribution is -0.351. The molecule has 4 heterocycles. The summed E-state index contributed by atoms with van der Waals surface area (Å²) in [6.45, 7) is 14.3. The SMILES string of the molecule is CCC1(O[C@H]2CC(OC)[C@@H](OC)C(C)O2)[C@H](O[C@@H]2C[C@@H](C)[C@@H](N(C)C)C(C)O2)c2c(c3c(=O)c4c(O)ccc(O)c4c(=O)c=3c2=[N+]=[N-])C(=O)[C@@H]1[C@H]1C(=O)c2c(c(=[N+]=[N-])c3c(=O)c4c(O)ccc(O)c4c(=O)c2=3)[C@@H](O[C@@H]2CC(OC)[C@@H](N(C)C)[C@H](C)O2)[C@@]1(CC)O[C@H]1C[C@@H](OC)[C@@H](C)C(C)O1. The lowest BCUT2D eigenvalue weighted by atomic mass is 9.55. The first-order valence-corrected chi connectivity index (χ1v) is 34.0. The minimum absolute atomic E-state index is 0.0543. The maximum atomic E-state index is 18.0. The van der Waals surface area contributed by atoms with Crippen LogP contribution >= 0.6 is 0 Å². The predicted molar refractivity (Wildman–Crippen MR) is 352 cm³/mol. The van der Waals surface area contributed by atoms with E-state index in [1.54, 1.807) is 34.6 Å². The molecule has 4 fully saturated rings. The number of methoxy groups -OCH3 is 4. The van der Waals surface area contributed by atoms with Gasteiger partial charge in [0.25, 0.3) is 0 Å². The number of carbonyl (C=O) groups is 2. The van der Waals surface area contributed by atoms with E-state index in [4.69, 9.17) is 56.8 Å². The number of carbonyl (C=O) groups excluding carboxylic acids is 2. The molecule has 6 aliphatic carbocycles. The topological polar surface area (TPSA) is 373 Å². The molecule has 28 heteroatoms. The summed E-state index contributed by atoms with van der Waals surface area (Å²) >= 11 is 0. The molecule has 22 atom stereocenters. The van der Waals surface area contributed by atoms with Gasteiger partial charge >= 0.3 is 10.7 Å². The average Bonchev–Trinajstić information content (AvgIpc) is 1.43. The molecule has 10 aliphatic rings. The highest BCUT2D eigenvalue weighted by Crippen LogP contribution is 2.61. The normalized spacial score (nSPS) is 34.9. The maximum Gasteiger partial charge on any atom is 0.333 e. The van der Waals surface area contributed by atoms with Gasteiger partial charge < -0.3 is 98.1 Å². The summed E-state index contributed by atoms with van der Waals surface area (Å²) in [4.78, 5) is 110. The first kappa shape index (κ1) is 72.6. The monoisotopic (exact) mass is 1390 g/mol. The van der Waals surface area contributed by atoms with Gasteiger partial charge in [0.05, 0.1) is 104 Å². The standard InChI is InChI=1S/C72H88N6O22/c1-17-71(100-43-26-39(91-15)68(92-16)32(8)96-43)56(66(87)50-48-52(64(85)46-35(81)21-19-33(79)44(46)62(48)83)58(75-73)54(50)69(71)97-40-23-27(3)60(77(9)10)30(6)94-40)57-67(88)51-49-53(65(86)47-36(82)22-20-34(80)45(47)63(49)84)59(76-74)55(51)70(98-41-25-38(90-14)61(78(11)12)31(7)95-41)72(57,18-2)99-42-24-37(89-13)28(4)29(5)93-42/h19-22,27-32,37-43,56-57,60-61,68-70,79-82H,17-18,23-26H2,1-16H3/t27-,28+,29?,30?,31+,32?,37-,38?,39?,40-,41-,42+,43+,56+,57+,60-,61+,68+,69-,70-,71?,72+/m1/s1. The van der Waals surface area contributed by atoms with Crippen LogP contribution in [0, 0.1) is 44.5 Å². The number of rotatable bonds is 17. The second-order valence-electron chi connectivity index (χ2n) is 28.4. The Hall–Kier alpha value is -7.18. The Kier molecular flexibility index (Phi) is 19.8. The van der Waals surface area contributed by atoms with E-state index in [9.17, 15) is 31.5 Å². The third kappa shape index (κ3) is 10.9. The fraction of sp³-hybridized carbons (Fsp3) is 0.611. The van der Waals surface area contributed by atoms with Crippen LogP contribution in [0.15, 0.2) is 43.4 Å². The van der Waals surface area contributed by atoms with Crippen molar-refractivity contribution < 1.29 is 96.4 Å². The van der Waals surface area contributed by atoms with E-state index in [0.29, 0.717) is 0 Å². The number of benzene rings is 2. The van der Waals surface area contributed by atoms with Crippen molar-refractivity contribution in [3.8, 4) is 23.0 Å². The van der Waals surface area contributed by atoms with Crippen LogP contribution in [-0.2, 0) is 56.8 Å². The van der Waals surface area contributed by atoms with E-state index in [2.05, 4.69) is 9.58 Å². The molecule has 12 rings (SSSR count). The van der Waals surface area contributed by atoms with Gasteiger partial charge in [-0.05, 0) is 98.9 Å². The Labute approximate surface area is 573 Å². The molecule has 2 aromatic rings. The molecular weight excluding hydrogens is 1300 g/mol. The molecule has 0 radical (unpaired) electrons. The van der Waals surface area contributed by atoms with Crippen LogP contribution in [0.2, 0.25) is 0 Å². The van der Waals surface area contributed by atoms with Gasteiger partial charge in [0.2, 0.25) is 10.9 Å². The number of likely N-dealkylation sites (N-methyl/N-ethyl adjacent to an activating group) is 2. The van der Waals surface area contributed by atoms with Gasteiger partial charge in [-0.1, -0.05) is 27.7 Å². The van der Waals surface area contributed by atoms with Crippen LogP contribution in [0.3, 0.4) is 0 Å². The zero-order chi connectivity index (χ0) is 72.5. The molecule has 0 spiro atoms. The molecule has 0 saturated carbocycles. The van der Waals surface area contributed by atoms with E-state index in [1.165, 1.54) is 28.4 Å². The quantitative estimate of drug-likeness (QED) is 0.0564. The van der Waals surface area contributed by atoms with E-state index in [0.717, 1.165) is 24.3 Å². The third-order valence-electron chi connectivity index (χ3n) is 22.9. The maximum absolute atomic E-state index is 18.0. The molecular formula is C72H88N6O22. The fourth-order valence-corrected chi connectivity index (χ4v) is 18.4. The van der Waals surface area contributed by atoms with E-state index < -0.39 is 260 Å². The van der Waals surface area contributed by atoms with Crippen LogP contribution in [0.25, 0.3) is 32.6 Å². The Bertz CT molecular complexity index is 4760. The second kappa shape index (κ2) is 27.2. The molecule has 4 saturated heterocycles. The Balaban J connectivity index is 1.28. The lowest BCUT2D eigenvalue weighted by Crippen LogP contribution is -2.68. The van der Waals surface area contributed by atoms with Crippen LogP contribution in [0.5, 0.6) is 23.0 Å². The molecule has 4 N–H and O–H groups in total. The average molecular weight is 1390 g/mol. The number of hydrogen-bond donors (Lipinski definition) is 4. The van der Waals surface area contributed by atoms with Gasteiger partial charge in [0, 0.05) is 77.2 Å². The summed E-state index contributed by atoms with van der Waals surface area (Å²) in [5.74, 6) is -10.4. The molecule has 0 bridgehead atoms. The van der Waals surface area contributed by atoms with Crippen molar-refractivity contribution in [3.63, 3.8) is 0 Å². The number of nitrogens with zero attached hydrogens (tertiary/aromatic N) is 6. The molecule has 28 nitrogen and oxygen atoms in total. The number of ketones is 2. The Morgan fingerprint density at radius 3 is 1.21 bits per heavy atom. The number of Topliss-reactive ketones (excluding diaryl/α,β-unsaturated/α-hetero) is 2. The first-order chi connectivity index (χ1) is 47.5. The van der Waals surface area contributed by atoms with Gasteiger partial charge in [0.1, 0.15) is 62.9 Å². The van der Waals surface area contributed by atoms with Gasteiger partial charge in [0.15, 0.2) is 47.6 Å². The van der Waals surface area contributed by atoms with Crippen LogP contribution in [0.4, 0.5) is 0 Å². The van der Waals surface area contributed by atoms with Crippen molar-refractivity contribution in [2.75, 3.05) is 56.6 Å². The summed E-state index contributed by atoms with van der Waals surface area (Å²) in [6, 6.07) is 3.35. The van der Waals surface area contributed by atoms with Crippen molar-refractivity contribution in [1.82, 2.24) is 9.80 Å². The van der Waals surface area contributed by atoms with Crippen LogP contribution in [-0.4, -0.2) is 205 Å². The fourth-order valence-electron chi connectivity index (χ4n) is 18.4. The number of ether oxygens (including phenoxy) is 12. The van der Waals surface area contributed by atoms with Crippen molar-refractivity contribution in [2.45, 2.75) is 203 Å². The van der Waals surface area contributed by atoms with Gasteiger partial charge in [-0.25, -0.2) is 0 Å². The molecule has 100 heavy (non-hydrogen) atoms. The minimum atomic E-state index is -2.51. The molecule has 4 aliphatic heterocycles. The highest BCUT2D eigenvalue weighted by Gasteiger charge is 2.71. The smallest absolute Gasteiger partial charge is 0.333 e. The number of aromatic hydroxyl groups is 4. The largest absolute Gasteiger partial charge is 0.507 e. The minimum Gasteiger partial charge on any atom is -0.507 e. The highest BCUT2D eigenvalue weighted by atomic mass is 16.7. The zero-order valence-corrected chi connectivity index (χ0v) is 58.9. The summed E-state index contributed by atoms with van der Waals surface area (Å²) in [5.41, 5.74) is 11.6. The number of hydrogen-bond acceptors (Lipinski definition) is 24. The van der Waals surface area contributed by atoms with Gasteiger partial charge in [-0.2, -0.15) is 9.58 Å². The van der Waals surface area contributed by atoms with Crippen molar-refractivity contribution in [3.05, 3.63) is 130 Å². The zero-order valence-electron chi connectivity index (χ0n) is 58.9. The van der Waals surface area contributed by atoms with Crippen molar-refractivity contribution in [2.24, 2.45) is 23.7 Å². The number of phenols is 4. The summed E-state index contributed by atoms with van der Waals surface area (Å²) in [7, 11) is 13.4. The molecule has 2 aromatic carbocycles. The third-order valence-corrected chi connectivity index (χ3v) is 22.9. The number of fused-ring (bicyclic) bond motifs is 6. The predicted octanol–water partition coefficient (Wildman–Crippen LogP) is 4.22. The summed E-state index contributed by atoms with van der Waals surface area (Å²) < 4.78 is 82.1. The lowest BCUT2D eigenvalue weighted by Gasteiger charge is -2.58. The molecule has 0 aromatic heterocycles. The Morgan fingerprint density at radius 2 is 0.840 bits per heavy atom. The van der Waals surface area contributed by atoms with E-state index in [-0.39, 0.29) is 43.6 Å². The van der Waals surface area contributed by atoms with Gasteiger partial charge in [-0.3, -0.25) is 28.8 Å². The summed E-state index contributed by atoms with van der Waals surface area (Å²) in [5, 5.41) is 39.3. The van der Waals surface area contributed by atoms with Crippen molar-refractivity contribution in [1.29, 1.82) is 0 Å². The summed E-state index contributed by atoms with van der Waals surface area (Å²) in [6.07, 6.45) is -16.1. The molecule has 6 unspecified atom stereocenters. The van der Waals surface area contributed by atoms with Crippen molar-refractivity contribution >= 4 is 33.1 Å².